The SMILES string of the molecule is CCc1c(C)sc(NC(=O)[C@H]2C3CCC(CC3)[C@H]2C(=O)O)c1C(=O)Nc1ccccc1. The van der Waals surface area contributed by atoms with Crippen LogP contribution in [-0.2, 0) is 16.0 Å². The van der Waals surface area contributed by atoms with Crippen LogP contribution in [0.3, 0.4) is 0 Å². The number of carbonyl (C=O) groups is 3. The summed E-state index contributed by atoms with van der Waals surface area (Å²) in [6, 6.07) is 9.21. The molecule has 0 unspecified atom stereocenters. The highest BCUT2D eigenvalue weighted by Gasteiger charge is 2.50. The van der Waals surface area contributed by atoms with Crippen LogP contribution < -0.4 is 10.6 Å². The lowest BCUT2D eigenvalue weighted by Gasteiger charge is -2.45. The van der Waals surface area contributed by atoms with Gasteiger partial charge in [0.25, 0.3) is 5.91 Å². The molecule has 31 heavy (non-hydrogen) atoms. The molecule has 3 saturated carbocycles. The lowest BCUT2D eigenvalue weighted by Crippen LogP contribution is -2.49. The van der Waals surface area contributed by atoms with Gasteiger partial charge in [0.05, 0.1) is 17.4 Å². The molecule has 0 radical (unpaired) electrons. The van der Waals surface area contributed by atoms with Crippen LogP contribution in [0.1, 0.15) is 53.4 Å². The molecule has 1 aromatic heterocycles. The molecule has 1 heterocycles. The molecule has 0 saturated heterocycles. The van der Waals surface area contributed by atoms with E-state index < -0.39 is 17.8 Å². The summed E-state index contributed by atoms with van der Waals surface area (Å²) in [7, 11) is 0. The van der Waals surface area contributed by atoms with Crippen LogP contribution in [0.25, 0.3) is 0 Å². The number of aryl methyl sites for hydroxylation is 1. The van der Waals surface area contributed by atoms with E-state index in [1.807, 2.05) is 44.2 Å². The van der Waals surface area contributed by atoms with Crippen LogP contribution in [0.15, 0.2) is 30.3 Å². The molecule has 5 rings (SSSR count). The first-order chi connectivity index (χ1) is 14.9. The number of carbonyl (C=O) groups excluding carboxylic acids is 2. The zero-order valence-electron chi connectivity index (χ0n) is 17.8. The summed E-state index contributed by atoms with van der Waals surface area (Å²) in [6.45, 7) is 3.93. The molecule has 3 N–H and O–H groups in total. The first-order valence-corrected chi connectivity index (χ1v) is 11.7. The van der Waals surface area contributed by atoms with Gasteiger partial charge in [0, 0.05) is 10.6 Å². The highest BCUT2D eigenvalue weighted by molar-refractivity contribution is 7.16. The van der Waals surface area contributed by atoms with Crippen LogP contribution in [-0.4, -0.2) is 22.9 Å². The maximum atomic E-state index is 13.3. The number of benzene rings is 1. The van der Waals surface area contributed by atoms with Crippen molar-refractivity contribution >= 4 is 39.8 Å². The van der Waals surface area contributed by atoms with E-state index in [9.17, 15) is 19.5 Å². The summed E-state index contributed by atoms with van der Waals surface area (Å²) < 4.78 is 0. The smallest absolute Gasteiger partial charge is 0.307 e. The number of amides is 2. The van der Waals surface area contributed by atoms with Crippen molar-refractivity contribution in [1.82, 2.24) is 0 Å². The molecular formula is C24H28N2O4S. The predicted octanol–water partition coefficient (Wildman–Crippen LogP) is 4.95. The fourth-order valence-electron chi connectivity index (χ4n) is 5.43. The molecule has 3 fully saturated rings. The van der Waals surface area contributed by atoms with Gasteiger partial charge in [-0.1, -0.05) is 25.1 Å². The molecule has 2 amide bonds. The third-order valence-electron chi connectivity index (χ3n) is 6.87. The van der Waals surface area contributed by atoms with Crippen molar-refractivity contribution in [3.05, 3.63) is 46.3 Å². The molecule has 2 bridgehead atoms. The van der Waals surface area contributed by atoms with E-state index >= 15 is 0 Å². The monoisotopic (exact) mass is 440 g/mol. The van der Waals surface area contributed by atoms with Gasteiger partial charge in [0.1, 0.15) is 5.00 Å². The zero-order valence-corrected chi connectivity index (χ0v) is 18.6. The van der Waals surface area contributed by atoms with Crippen LogP contribution in [0.4, 0.5) is 10.7 Å². The number of fused-ring (bicyclic) bond motifs is 3. The number of nitrogens with one attached hydrogen (secondary N) is 2. The number of hydrogen-bond donors (Lipinski definition) is 3. The van der Waals surface area contributed by atoms with E-state index in [2.05, 4.69) is 10.6 Å². The van der Waals surface area contributed by atoms with E-state index in [1.54, 1.807) is 0 Å². The number of carboxylic acids is 1. The highest BCUT2D eigenvalue weighted by Crippen LogP contribution is 2.49. The summed E-state index contributed by atoms with van der Waals surface area (Å²) >= 11 is 1.39. The summed E-state index contributed by atoms with van der Waals surface area (Å²) in [5.41, 5.74) is 2.08. The second kappa shape index (κ2) is 8.83. The molecule has 1 aromatic carbocycles. The molecule has 164 valence electrons. The van der Waals surface area contributed by atoms with Gasteiger partial charge in [0.2, 0.25) is 5.91 Å². The van der Waals surface area contributed by atoms with Gasteiger partial charge in [-0.15, -0.1) is 11.3 Å². The third-order valence-corrected chi connectivity index (χ3v) is 7.93. The molecule has 0 aliphatic heterocycles. The minimum absolute atomic E-state index is 0.0652. The van der Waals surface area contributed by atoms with Gasteiger partial charge in [-0.25, -0.2) is 0 Å². The van der Waals surface area contributed by atoms with Gasteiger partial charge in [-0.05, 0) is 68.6 Å². The van der Waals surface area contributed by atoms with Crippen LogP contribution in [0.5, 0.6) is 0 Å². The number of thiophene rings is 1. The first kappa shape index (κ1) is 21.6. The summed E-state index contributed by atoms with van der Waals surface area (Å²) in [6.07, 6.45) is 4.24. The lowest BCUT2D eigenvalue weighted by atomic mass is 9.58. The van der Waals surface area contributed by atoms with Crippen molar-refractivity contribution in [2.75, 3.05) is 10.6 Å². The Balaban J connectivity index is 1.61. The molecule has 7 heteroatoms. The lowest BCUT2D eigenvalue weighted by molar-refractivity contribution is -0.156. The molecule has 2 atom stereocenters. The first-order valence-electron chi connectivity index (χ1n) is 10.9. The Labute approximate surface area is 186 Å². The second-order valence-corrected chi connectivity index (χ2v) is 9.79. The Morgan fingerprint density at radius 1 is 1.00 bits per heavy atom. The quantitative estimate of drug-likeness (QED) is 0.592. The van der Waals surface area contributed by atoms with Gasteiger partial charge >= 0.3 is 5.97 Å². The van der Waals surface area contributed by atoms with Crippen LogP contribution in [0, 0.1) is 30.6 Å². The van der Waals surface area contributed by atoms with Gasteiger partial charge in [0.15, 0.2) is 0 Å². The van der Waals surface area contributed by atoms with E-state index in [4.69, 9.17) is 0 Å². The van der Waals surface area contributed by atoms with E-state index in [0.717, 1.165) is 36.1 Å². The maximum absolute atomic E-state index is 13.3. The normalized spacial score (nSPS) is 24.6. The summed E-state index contributed by atoms with van der Waals surface area (Å²) in [5.74, 6) is -2.42. The van der Waals surface area contributed by atoms with Gasteiger partial charge in [-0.2, -0.15) is 0 Å². The number of carboxylic acid groups (broad SMARTS) is 1. The Morgan fingerprint density at radius 3 is 2.19 bits per heavy atom. The molecule has 2 aromatic rings. The van der Waals surface area contributed by atoms with Crippen LogP contribution in [0.2, 0.25) is 0 Å². The number of anilines is 2. The minimum atomic E-state index is -0.881. The number of hydrogen-bond acceptors (Lipinski definition) is 4. The fraction of sp³-hybridized carbons (Fsp3) is 0.458. The summed E-state index contributed by atoms with van der Waals surface area (Å²) in [4.78, 5) is 39.4. The van der Waals surface area contributed by atoms with Crippen molar-refractivity contribution < 1.29 is 19.5 Å². The Bertz CT molecular complexity index is 993. The Morgan fingerprint density at radius 2 is 1.61 bits per heavy atom. The molecule has 3 aliphatic carbocycles. The minimum Gasteiger partial charge on any atom is -0.481 e. The van der Waals surface area contributed by atoms with Crippen molar-refractivity contribution in [2.45, 2.75) is 46.0 Å². The third kappa shape index (κ3) is 4.11. The maximum Gasteiger partial charge on any atom is 0.307 e. The Hall–Kier alpha value is -2.67. The predicted molar refractivity (Wildman–Crippen MR) is 122 cm³/mol. The molecule has 0 spiro atoms. The number of rotatable bonds is 6. The standard InChI is InChI=1S/C24H28N2O4S/c1-3-17-13(2)31-23(20(17)22(28)25-16-7-5-4-6-8-16)26-21(27)18-14-9-11-15(12-10-14)19(18)24(29)30/h4-8,14-15,18-19H,3,9-12H2,1-2H3,(H,25,28)(H,26,27)(H,29,30)/t14?,15?,18-,19+/m0/s1. The highest BCUT2D eigenvalue weighted by atomic mass is 32.1. The van der Waals surface area contributed by atoms with Crippen molar-refractivity contribution in [2.24, 2.45) is 23.7 Å². The van der Waals surface area contributed by atoms with E-state index in [1.165, 1.54) is 11.3 Å². The molecule has 6 nitrogen and oxygen atoms in total. The van der Waals surface area contributed by atoms with Gasteiger partial charge < -0.3 is 15.7 Å². The molecular weight excluding hydrogens is 412 g/mol. The second-order valence-electron chi connectivity index (χ2n) is 8.57. The number of aliphatic carboxylic acids is 1. The van der Waals surface area contributed by atoms with E-state index in [0.29, 0.717) is 22.7 Å². The summed E-state index contributed by atoms with van der Waals surface area (Å²) in [5, 5.41) is 16.2. The Kier molecular flexibility index (Phi) is 6.14. The average molecular weight is 441 g/mol. The largest absolute Gasteiger partial charge is 0.481 e. The van der Waals surface area contributed by atoms with Crippen molar-refractivity contribution in [3.8, 4) is 0 Å². The van der Waals surface area contributed by atoms with E-state index in [-0.39, 0.29) is 23.7 Å². The topological polar surface area (TPSA) is 95.5 Å². The van der Waals surface area contributed by atoms with Crippen molar-refractivity contribution in [1.29, 1.82) is 0 Å². The zero-order chi connectivity index (χ0) is 22.1. The fourth-order valence-corrected chi connectivity index (χ4v) is 6.57. The number of para-hydroxylation sites is 1. The molecule has 3 aliphatic rings. The average Bonchev–Trinajstić information content (AvgIpc) is 3.09. The van der Waals surface area contributed by atoms with Crippen LogP contribution >= 0.6 is 11.3 Å². The van der Waals surface area contributed by atoms with Gasteiger partial charge in [-0.3, -0.25) is 14.4 Å². The van der Waals surface area contributed by atoms with Crippen molar-refractivity contribution in [3.63, 3.8) is 0 Å².